The maximum atomic E-state index is 4.24. The van der Waals surface area contributed by atoms with Gasteiger partial charge in [0, 0.05) is 25.0 Å². The van der Waals surface area contributed by atoms with Crippen LogP contribution < -0.4 is 0 Å². The molecule has 78 valence electrons. The number of halogens is 1. The molecule has 1 saturated carbocycles. The van der Waals surface area contributed by atoms with Crippen LogP contribution in [0.15, 0.2) is 6.33 Å². The van der Waals surface area contributed by atoms with Gasteiger partial charge in [-0.1, -0.05) is 15.9 Å². The predicted molar refractivity (Wildman–Crippen MR) is 58.2 cm³/mol. The molecule has 0 amide bonds. The Morgan fingerprint density at radius 1 is 1.64 bits per heavy atom. The lowest BCUT2D eigenvalue weighted by Gasteiger charge is -2.19. The maximum absolute atomic E-state index is 4.24. The summed E-state index contributed by atoms with van der Waals surface area (Å²) < 4.78 is 1.85. The molecule has 0 aromatic carbocycles. The van der Waals surface area contributed by atoms with Crippen molar-refractivity contribution in [2.45, 2.75) is 25.4 Å². The van der Waals surface area contributed by atoms with Crippen LogP contribution in [0, 0.1) is 0 Å². The Balaban J connectivity index is 1.96. The zero-order chi connectivity index (χ0) is 9.97. The molecule has 0 bridgehead atoms. The van der Waals surface area contributed by atoms with Crippen LogP contribution in [0.2, 0.25) is 0 Å². The second-order valence-corrected chi connectivity index (χ2v) is 4.48. The molecular weight excluding hydrogens is 244 g/mol. The van der Waals surface area contributed by atoms with Crippen molar-refractivity contribution in [1.29, 1.82) is 0 Å². The molecule has 14 heavy (non-hydrogen) atoms. The summed E-state index contributed by atoms with van der Waals surface area (Å²) in [6.07, 6.45) is 4.30. The minimum absolute atomic E-state index is 0.782. The summed E-state index contributed by atoms with van der Waals surface area (Å²) in [5.41, 5.74) is 0. The average Bonchev–Trinajstić information content (AvgIpc) is 2.93. The molecule has 0 aliphatic heterocycles. The molecular formula is C9H15BrN4. The van der Waals surface area contributed by atoms with Gasteiger partial charge in [-0.15, -0.1) is 0 Å². The van der Waals surface area contributed by atoms with Crippen LogP contribution in [0.5, 0.6) is 0 Å². The Kier molecular flexibility index (Phi) is 3.18. The third kappa shape index (κ3) is 2.33. The highest BCUT2D eigenvalue weighted by molar-refractivity contribution is 9.09. The van der Waals surface area contributed by atoms with Gasteiger partial charge in [0.25, 0.3) is 0 Å². The summed E-state index contributed by atoms with van der Waals surface area (Å²) in [7, 11) is 1.95. The van der Waals surface area contributed by atoms with Crippen LogP contribution >= 0.6 is 15.9 Å². The van der Waals surface area contributed by atoms with Crippen molar-refractivity contribution >= 4 is 15.9 Å². The van der Waals surface area contributed by atoms with Crippen molar-refractivity contribution in [1.82, 2.24) is 19.7 Å². The number of hydrogen-bond acceptors (Lipinski definition) is 3. The Morgan fingerprint density at radius 2 is 2.43 bits per heavy atom. The molecule has 0 radical (unpaired) electrons. The van der Waals surface area contributed by atoms with Gasteiger partial charge in [-0.3, -0.25) is 9.58 Å². The van der Waals surface area contributed by atoms with Crippen LogP contribution in [-0.4, -0.2) is 37.6 Å². The highest BCUT2D eigenvalue weighted by atomic mass is 79.9. The summed E-state index contributed by atoms with van der Waals surface area (Å²) in [4.78, 5) is 6.71. The second-order valence-electron chi connectivity index (χ2n) is 3.69. The van der Waals surface area contributed by atoms with E-state index in [1.165, 1.54) is 12.8 Å². The van der Waals surface area contributed by atoms with Crippen molar-refractivity contribution in [2.75, 3.05) is 11.9 Å². The Labute approximate surface area is 92.4 Å². The van der Waals surface area contributed by atoms with Gasteiger partial charge in [0.2, 0.25) is 0 Å². The van der Waals surface area contributed by atoms with E-state index in [0.29, 0.717) is 0 Å². The van der Waals surface area contributed by atoms with Gasteiger partial charge in [-0.05, 0) is 12.8 Å². The van der Waals surface area contributed by atoms with Gasteiger partial charge in [-0.2, -0.15) is 5.10 Å². The quantitative estimate of drug-likeness (QED) is 0.744. The lowest BCUT2D eigenvalue weighted by molar-refractivity contribution is 0.261. The molecule has 1 heterocycles. The van der Waals surface area contributed by atoms with Gasteiger partial charge in [-0.25, -0.2) is 4.98 Å². The molecule has 0 saturated heterocycles. The fourth-order valence-corrected chi connectivity index (χ4v) is 2.04. The molecule has 0 N–H and O–H groups in total. The van der Waals surface area contributed by atoms with E-state index < -0.39 is 0 Å². The number of hydrogen-bond donors (Lipinski definition) is 0. The standard InChI is InChI=1S/C9H15BrN4/c1-13-9(11-7-12-13)6-14(5-4-10)8-2-3-8/h7-8H,2-6H2,1H3. The number of rotatable bonds is 5. The van der Waals surface area contributed by atoms with Crippen molar-refractivity contribution in [3.05, 3.63) is 12.2 Å². The molecule has 5 heteroatoms. The van der Waals surface area contributed by atoms with Crippen molar-refractivity contribution in [3.8, 4) is 0 Å². The summed E-state index contributed by atoms with van der Waals surface area (Å²) in [6.45, 7) is 2.02. The first-order valence-corrected chi connectivity index (χ1v) is 6.06. The first-order valence-electron chi connectivity index (χ1n) is 4.94. The van der Waals surface area contributed by atoms with E-state index in [1.807, 2.05) is 11.7 Å². The summed E-state index contributed by atoms with van der Waals surface area (Å²) in [5, 5.41) is 5.11. The summed E-state index contributed by atoms with van der Waals surface area (Å²) in [6, 6.07) is 0.782. The molecule has 0 atom stereocenters. The van der Waals surface area contributed by atoms with Crippen LogP contribution in [-0.2, 0) is 13.6 Å². The van der Waals surface area contributed by atoms with E-state index in [9.17, 15) is 0 Å². The lowest BCUT2D eigenvalue weighted by atomic mass is 10.4. The first kappa shape index (κ1) is 10.1. The zero-order valence-corrected chi connectivity index (χ0v) is 9.94. The summed E-state index contributed by atoms with van der Waals surface area (Å²) in [5.74, 6) is 1.05. The predicted octanol–water partition coefficient (Wildman–Crippen LogP) is 1.17. The number of aromatic nitrogens is 3. The maximum Gasteiger partial charge on any atom is 0.140 e. The van der Waals surface area contributed by atoms with E-state index in [4.69, 9.17) is 0 Å². The lowest BCUT2D eigenvalue weighted by Crippen LogP contribution is -2.28. The highest BCUT2D eigenvalue weighted by Gasteiger charge is 2.29. The van der Waals surface area contributed by atoms with Crippen LogP contribution in [0.3, 0.4) is 0 Å². The van der Waals surface area contributed by atoms with Crippen LogP contribution in [0.1, 0.15) is 18.7 Å². The number of nitrogens with zero attached hydrogens (tertiary/aromatic N) is 4. The molecule has 1 aromatic rings. The average molecular weight is 259 g/mol. The van der Waals surface area contributed by atoms with Crippen molar-refractivity contribution < 1.29 is 0 Å². The molecule has 1 aromatic heterocycles. The zero-order valence-electron chi connectivity index (χ0n) is 8.36. The summed E-state index contributed by atoms with van der Waals surface area (Å²) >= 11 is 3.48. The Bertz CT molecular complexity index is 295. The molecule has 0 unspecified atom stereocenters. The fourth-order valence-electron chi connectivity index (χ4n) is 1.58. The van der Waals surface area contributed by atoms with Crippen molar-refractivity contribution in [3.63, 3.8) is 0 Å². The van der Waals surface area contributed by atoms with Gasteiger partial charge >= 0.3 is 0 Å². The third-order valence-corrected chi connectivity index (χ3v) is 2.94. The van der Waals surface area contributed by atoms with E-state index in [-0.39, 0.29) is 0 Å². The normalized spacial score (nSPS) is 16.5. The van der Waals surface area contributed by atoms with Crippen LogP contribution in [0.25, 0.3) is 0 Å². The topological polar surface area (TPSA) is 34.0 Å². The second kappa shape index (κ2) is 4.40. The Morgan fingerprint density at radius 3 is 2.93 bits per heavy atom. The van der Waals surface area contributed by atoms with E-state index in [0.717, 1.165) is 30.3 Å². The van der Waals surface area contributed by atoms with E-state index in [1.54, 1.807) is 6.33 Å². The Hall–Kier alpha value is -0.420. The monoisotopic (exact) mass is 258 g/mol. The molecule has 4 nitrogen and oxygen atoms in total. The minimum atomic E-state index is 0.782. The van der Waals surface area contributed by atoms with Gasteiger partial charge in [0.1, 0.15) is 12.2 Å². The minimum Gasteiger partial charge on any atom is -0.292 e. The number of alkyl halides is 1. The number of aryl methyl sites for hydroxylation is 1. The largest absolute Gasteiger partial charge is 0.292 e. The van der Waals surface area contributed by atoms with Crippen LogP contribution in [0.4, 0.5) is 0 Å². The van der Waals surface area contributed by atoms with Crippen molar-refractivity contribution in [2.24, 2.45) is 7.05 Å². The fraction of sp³-hybridized carbons (Fsp3) is 0.778. The van der Waals surface area contributed by atoms with Gasteiger partial charge in [0.05, 0.1) is 6.54 Å². The first-order chi connectivity index (χ1) is 6.81. The molecule has 0 spiro atoms. The van der Waals surface area contributed by atoms with Gasteiger partial charge in [0.15, 0.2) is 0 Å². The van der Waals surface area contributed by atoms with E-state index in [2.05, 4.69) is 30.9 Å². The highest BCUT2D eigenvalue weighted by Crippen LogP contribution is 2.27. The van der Waals surface area contributed by atoms with E-state index >= 15 is 0 Å². The smallest absolute Gasteiger partial charge is 0.140 e. The molecule has 2 rings (SSSR count). The molecule has 1 fully saturated rings. The molecule has 1 aliphatic rings. The van der Waals surface area contributed by atoms with Gasteiger partial charge < -0.3 is 0 Å². The third-order valence-electron chi connectivity index (χ3n) is 2.58. The molecule has 1 aliphatic carbocycles. The SMILES string of the molecule is Cn1ncnc1CN(CCBr)C1CC1.